The third kappa shape index (κ3) is 3.40. The normalized spacial score (nSPS) is 8.46. The van der Waals surface area contributed by atoms with Gasteiger partial charge in [-0.2, -0.15) is 12.1 Å². The van der Waals surface area contributed by atoms with Crippen molar-refractivity contribution in [2.45, 2.75) is 13.8 Å². The van der Waals surface area contributed by atoms with Crippen LogP contribution in [0.4, 0.5) is 0 Å². The molecule has 3 nitrogen and oxygen atoms in total. The Morgan fingerprint density at radius 1 is 1.46 bits per heavy atom. The Labute approximate surface area is 119 Å². The average molecular weight is 203 g/mol. The molecule has 0 saturated heterocycles. The van der Waals surface area contributed by atoms with Gasteiger partial charge in [-0.05, 0) is 5.52 Å². The van der Waals surface area contributed by atoms with Crippen LogP contribution in [0.25, 0.3) is 11.1 Å². The molecular weight excluding hydrogens is 193 g/mol. The van der Waals surface area contributed by atoms with Crippen LogP contribution in [0.1, 0.15) is 13.8 Å². The van der Waals surface area contributed by atoms with Crippen molar-refractivity contribution in [1.29, 1.82) is 0 Å². The standard InChI is InChI=1S/C7H4NO2.C2H6.K/c9-7-8-5-3-1-2-4-6(5)10-7;1-2;/h1,3-4H,(H,8,9);1-2H3;/q-1;;+1. The molecule has 0 radical (unpaired) electrons. The van der Waals surface area contributed by atoms with Crippen LogP contribution >= 0.6 is 0 Å². The molecule has 0 spiro atoms. The van der Waals surface area contributed by atoms with E-state index in [1.807, 2.05) is 13.8 Å². The largest absolute Gasteiger partial charge is 1.00 e. The minimum atomic E-state index is -0.422. The van der Waals surface area contributed by atoms with E-state index in [0.29, 0.717) is 11.1 Å². The van der Waals surface area contributed by atoms with Gasteiger partial charge in [0.15, 0.2) is 0 Å². The Kier molecular flexibility index (Phi) is 6.62. The summed E-state index contributed by atoms with van der Waals surface area (Å²) in [6.45, 7) is 4.00. The van der Waals surface area contributed by atoms with E-state index in [1.165, 1.54) is 0 Å². The van der Waals surface area contributed by atoms with Crippen LogP contribution in [-0.2, 0) is 0 Å². The maximum atomic E-state index is 10.6. The number of benzene rings is 1. The van der Waals surface area contributed by atoms with Gasteiger partial charge < -0.3 is 9.40 Å². The van der Waals surface area contributed by atoms with E-state index >= 15 is 0 Å². The van der Waals surface area contributed by atoms with E-state index in [0.717, 1.165) is 0 Å². The molecule has 0 aliphatic carbocycles. The molecule has 0 atom stereocenters. The summed E-state index contributed by atoms with van der Waals surface area (Å²) in [6.07, 6.45) is 0. The molecule has 0 aliphatic rings. The number of fused-ring (bicyclic) bond motifs is 1. The summed E-state index contributed by atoms with van der Waals surface area (Å²) in [6, 6.07) is 7.87. The number of oxazole rings is 1. The molecule has 0 aliphatic heterocycles. The molecule has 64 valence electrons. The Morgan fingerprint density at radius 3 is 2.77 bits per heavy atom. The van der Waals surface area contributed by atoms with Crippen LogP contribution in [0.2, 0.25) is 0 Å². The molecule has 13 heavy (non-hydrogen) atoms. The van der Waals surface area contributed by atoms with Crippen molar-refractivity contribution in [3.8, 4) is 0 Å². The van der Waals surface area contributed by atoms with Crippen LogP contribution < -0.4 is 57.1 Å². The van der Waals surface area contributed by atoms with Crippen molar-refractivity contribution < 1.29 is 55.8 Å². The van der Waals surface area contributed by atoms with E-state index in [2.05, 4.69) is 11.1 Å². The summed E-state index contributed by atoms with van der Waals surface area (Å²) in [4.78, 5) is 13.1. The van der Waals surface area contributed by atoms with E-state index < -0.39 is 5.76 Å². The van der Waals surface area contributed by atoms with Gasteiger partial charge in [-0.15, -0.1) is 12.1 Å². The minimum Gasteiger partial charge on any atom is -0.472 e. The van der Waals surface area contributed by atoms with Crippen molar-refractivity contribution in [3.05, 3.63) is 34.8 Å². The minimum absolute atomic E-state index is 0. The van der Waals surface area contributed by atoms with E-state index in [9.17, 15) is 4.79 Å². The molecule has 4 heteroatoms. The van der Waals surface area contributed by atoms with Gasteiger partial charge in [-0.1, -0.05) is 13.8 Å². The number of aromatic amines is 1. The predicted molar refractivity (Wildman–Crippen MR) is 47.0 cm³/mol. The summed E-state index contributed by atoms with van der Waals surface area (Å²) in [5.41, 5.74) is 1.26. The molecule has 2 rings (SSSR count). The second kappa shape index (κ2) is 6.56. The summed E-state index contributed by atoms with van der Waals surface area (Å²) < 4.78 is 4.73. The Morgan fingerprint density at radius 2 is 2.15 bits per heavy atom. The summed E-state index contributed by atoms with van der Waals surface area (Å²) in [5, 5.41) is 0. The first-order valence-electron chi connectivity index (χ1n) is 3.85. The molecule has 0 unspecified atom stereocenters. The Balaban J connectivity index is 0.000000451. The second-order valence-electron chi connectivity index (χ2n) is 1.94. The quantitative estimate of drug-likeness (QED) is 0.439. The van der Waals surface area contributed by atoms with Gasteiger partial charge in [0, 0.05) is 5.58 Å². The number of rotatable bonds is 0. The monoisotopic (exact) mass is 203 g/mol. The first kappa shape index (κ1) is 13.1. The first-order chi connectivity index (χ1) is 5.86. The van der Waals surface area contributed by atoms with Crippen molar-refractivity contribution in [2.75, 3.05) is 0 Å². The van der Waals surface area contributed by atoms with Crippen molar-refractivity contribution in [1.82, 2.24) is 4.98 Å². The van der Waals surface area contributed by atoms with Crippen molar-refractivity contribution in [3.63, 3.8) is 0 Å². The molecule has 0 amide bonds. The topological polar surface area (TPSA) is 46.0 Å². The van der Waals surface area contributed by atoms with Gasteiger partial charge in [0.2, 0.25) is 0 Å². The molecule has 0 saturated carbocycles. The van der Waals surface area contributed by atoms with Gasteiger partial charge in [0.05, 0.1) is 0 Å². The van der Waals surface area contributed by atoms with Gasteiger partial charge in [-0.25, -0.2) is 4.79 Å². The zero-order chi connectivity index (χ0) is 8.97. The maximum absolute atomic E-state index is 10.6. The SMILES string of the molecule is CC.O=c1[nH]c2cc[c-]cc2o1.[K+]. The van der Waals surface area contributed by atoms with E-state index in [1.54, 1.807) is 18.2 Å². The molecule has 0 fully saturated rings. The number of hydrogen-bond donors (Lipinski definition) is 1. The zero-order valence-electron chi connectivity index (χ0n) is 8.05. The molecule has 1 aromatic carbocycles. The number of nitrogens with one attached hydrogen (secondary N) is 1. The van der Waals surface area contributed by atoms with E-state index in [4.69, 9.17) is 4.42 Å². The fourth-order valence-electron chi connectivity index (χ4n) is 0.838. The van der Waals surface area contributed by atoms with E-state index in [-0.39, 0.29) is 51.4 Å². The fraction of sp³-hybridized carbons (Fsp3) is 0.222. The van der Waals surface area contributed by atoms with Crippen molar-refractivity contribution in [2.24, 2.45) is 0 Å². The van der Waals surface area contributed by atoms with Gasteiger partial charge in [0.25, 0.3) is 0 Å². The van der Waals surface area contributed by atoms with Crippen LogP contribution in [0.15, 0.2) is 27.4 Å². The smallest absolute Gasteiger partial charge is 0.472 e. The molecule has 1 aromatic heterocycles. The summed E-state index contributed by atoms with van der Waals surface area (Å²) in [7, 11) is 0. The third-order valence-corrected chi connectivity index (χ3v) is 1.27. The summed E-state index contributed by atoms with van der Waals surface area (Å²) in [5.74, 6) is -0.422. The molecule has 1 heterocycles. The maximum Gasteiger partial charge on any atom is 1.00 e. The number of H-pyrrole nitrogens is 1. The van der Waals surface area contributed by atoms with Gasteiger partial charge >= 0.3 is 57.1 Å². The van der Waals surface area contributed by atoms with Gasteiger partial charge in [0.1, 0.15) is 0 Å². The third-order valence-electron chi connectivity index (χ3n) is 1.27. The van der Waals surface area contributed by atoms with Gasteiger partial charge in [-0.3, -0.25) is 0 Å². The van der Waals surface area contributed by atoms with Crippen molar-refractivity contribution >= 4 is 11.1 Å². The fourth-order valence-corrected chi connectivity index (χ4v) is 0.838. The molecule has 0 bridgehead atoms. The van der Waals surface area contributed by atoms with Crippen LogP contribution in [0, 0.1) is 6.07 Å². The van der Waals surface area contributed by atoms with Crippen LogP contribution in [0.3, 0.4) is 0 Å². The molecule has 1 N–H and O–H groups in total. The van der Waals surface area contributed by atoms with Crippen LogP contribution in [-0.4, -0.2) is 4.98 Å². The molecule has 2 aromatic rings. The average Bonchev–Trinajstić information content (AvgIpc) is 2.48. The molecular formula is C9H10KNO2. The Bertz CT molecular complexity index is 369. The first-order valence-corrected chi connectivity index (χ1v) is 3.85. The number of hydrogen-bond acceptors (Lipinski definition) is 2. The number of aromatic nitrogens is 1. The second-order valence-corrected chi connectivity index (χ2v) is 1.94. The zero-order valence-corrected chi connectivity index (χ0v) is 11.2. The Hall–Kier alpha value is 0.126. The predicted octanol–water partition coefficient (Wildman–Crippen LogP) is -1.05. The summed E-state index contributed by atoms with van der Waals surface area (Å²) >= 11 is 0. The van der Waals surface area contributed by atoms with Crippen LogP contribution in [0.5, 0.6) is 0 Å².